The molecule has 24 heavy (non-hydrogen) atoms. The van der Waals surface area contributed by atoms with Gasteiger partial charge in [0.1, 0.15) is 0 Å². The van der Waals surface area contributed by atoms with Crippen LogP contribution in [0.1, 0.15) is 29.9 Å². The van der Waals surface area contributed by atoms with Gasteiger partial charge in [-0.1, -0.05) is 18.2 Å². The molecule has 0 saturated carbocycles. The zero-order valence-corrected chi connectivity index (χ0v) is 15.1. The summed E-state index contributed by atoms with van der Waals surface area (Å²) in [4.78, 5) is 27.0. The van der Waals surface area contributed by atoms with Gasteiger partial charge in [-0.15, -0.1) is 11.3 Å². The lowest BCUT2D eigenvalue weighted by Crippen LogP contribution is -2.33. The molecule has 0 fully saturated rings. The smallest absolute Gasteiger partial charge is 0.236 e. The molecule has 0 saturated heterocycles. The highest BCUT2D eigenvalue weighted by Crippen LogP contribution is 2.41. The maximum absolute atomic E-state index is 12.3. The van der Waals surface area contributed by atoms with E-state index >= 15 is 0 Å². The molecule has 0 bridgehead atoms. The molecule has 0 spiro atoms. The van der Waals surface area contributed by atoms with Crippen LogP contribution in [0.5, 0.6) is 0 Å². The zero-order chi connectivity index (χ0) is 17.3. The molecule has 1 N–H and O–H groups in total. The van der Waals surface area contributed by atoms with E-state index in [0.717, 1.165) is 28.1 Å². The third kappa shape index (κ3) is 3.08. The standard InChI is InChI=1S/C19H22N2O2S/c1-19(2)15-11-13(6-7-16(15)21(3)18(19)23)8-9-20-17(22)12-14-5-4-10-24-14/h4-7,10-11H,8-9,12H2,1-3H3,(H,20,22). The number of carbonyl (C=O) groups is 2. The van der Waals surface area contributed by atoms with Crippen LogP contribution in [0.4, 0.5) is 5.69 Å². The number of anilines is 1. The summed E-state index contributed by atoms with van der Waals surface area (Å²) in [6.45, 7) is 4.53. The van der Waals surface area contributed by atoms with Crippen molar-refractivity contribution in [3.8, 4) is 0 Å². The van der Waals surface area contributed by atoms with Crippen molar-refractivity contribution in [3.63, 3.8) is 0 Å². The molecule has 1 aromatic carbocycles. The van der Waals surface area contributed by atoms with E-state index in [2.05, 4.69) is 11.4 Å². The molecule has 5 heteroatoms. The molecule has 0 aliphatic carbocycles. The largest absolute Gasteiger partial charge is 0.355 e. The summed E-state index contributed by atoms with van der Waals surface area (Å²) in [6, 6.07) is 10.1. The molecule has 0 unspecified atom stereocenters. The van der Waals surface area contributed by atoms with Crippen LogP contribution in [0.3, 0.4) is 0 Å². The number of likely N-dealkylation sites (N-methyl/N-ethyl adjacent to an activating group) is 1. The Kier molecular flexibility index (Phi) is 4.45. The fourth-order valence-electron chi connectivity index (χ4n) is 3.16. The minimum Gasteiger partial charge on any atom is -0.355 e. The average molecular weight is 342 g/mol. The molecule has 2 heterocycles. The van der Waals surface area contributed by atoms with Gasteiger partial charge in [-0.05, 0) is 48.9 Å². The van der Waals surface area contributed by atoms with Crippen LogP contribution in [-0.4, -0.2) is 25.4 Å². The molecule has 0 radical (unpaired) electrons. The predicted octanol–water partition coefficient (Wildman–Crippen LogP) is 2.90. The first-order valence-electron chi connectivity index (χ1n) is 8.10. The topological polar surface area (TPSA) is 49.4 Å². The number of nitrogens with one attached hydrogen (secondary N) is 1. The first-order valence-corrected chi connectivity index (χ1v) is 8.98. The van der Waals surface area contributed by atoms with Crippen molar-refractivity contribution in [2.75, 3.05) is 18.5 Å². The Morgan fingerprint density at radius 3 is 2.79 bits per heavy atom. The van der Waals surface area contributed by atoms with Crippen LogP contribution in [0, 0.1) is 0 Å². The summed E-state index contributed by atoms with van der Waals surface area (Å²) in [5.74, 6) is 0.174. The SMILES string of the molecule is CN1C(=O)C(C)(C)c2cc(CCNC(=O)Cc3cccs3)ccc21. The van der Waals surface area contributed by atoms with Crippen molar-refractivity contribution >= 4 is 28.8 Å². The maximum Gasteiger partial charge on any atom is 0.236 e. The lowest BCUT2D eigenvalue weighted by Gasteiger charge is -2.16. The van der Waals surface area contributed by atoms with Crippen LogP contribution in [0.25, 0.3) is 0 Å². The van der Waals surface area contributed by atoms with Crippen LogP contribution in [0.15, 0.2) is 35.7 Å². The first kappa shape index (κ1) is 16.7. The van der Waals surface area contributed by atoms with Crippen molar-refractivity contribution in [1.29, 1.82) is 0 Å². The van der Waals surface area contributed by atoms with Gasteiger partial charge >= 0.3 is 0 Å². The second-order valence-corrected chi connectivity index (χ2v) is 7.73. The molecule has 1 aliphatic rings. The van der Waals surface area contributed by atoms with Crippen molar-refractivity contribution in [2.45, 2.75) is 32.1 Å². The number of amides is 2. The molecule has 4 nitrogen and oxygen atoms in total. The van der Waals surface area contributed by atoms with Gasteiger partial charge in [0.15, 0.2) is 0 Å². The first-order chi connectivity index (χ1) is 11.4. The van der Waals surface area contributed by atoms with E-state index in [-0.39, 0.29) is 11.8 Å². The minimum atomic E-state index is -0.484. The Balaban J connectivity index is 1.60. The number of fused-ring (bicyclic) bond motifs is 1. The van der Waals surface area contributed by atoms with E-state index < -0.39 is 5.41 Å². The molecule has 126 valence electrons. The summed E-state index contributed by atoms with van der Waals surface area (Å²) in [7, 11) is 1.82. The molecule has 0 atom stereocenters. The summed E-state index contributed by atoms with van der Waals surface area (Å²) < 4.78 is 0. The van der Waals surface area contributed by atoms with E-state index in [1.165, 1.54) is 0 Å². The number of thiophene rings is 1. The van der Waals surface area contributed by atoms with Crippen LogP contribution < -0.4 is 10.2 Å². The van der Waals surface area contributed by atoms with E-state index in [0.29, 0.717) is 13.0 Å². The lowest BCUT2D eigenvalue weighted by molar-refractivity contribution is -0.122. The number of nitrogens with zero attached hydrogens (tertiary/aromatic N) is 1. The third-order valence-electron chi connectivity index (χ3n) is 4.59. The van der Waals surface area contributed by atoms with Crippen molar-refractivity contribution in [2.24, 2.45) is 0 Å². The number of benzene rings is 1. The Morgan fingerprint density at radius 1 is 1.29 bits per heavy atom. The molecule has 2 amide bonds. The third-order valence-corrected chi connectivity index (χ3v) is 5.46. The van der Waals surface area contributed by atoms with Crippen LogP contribution >= 0.6 is 11.3 Å². The normalized spacial score (nSPS) is 15.5. The molecule has 3 rings (SSSR count). The van der Waals surface area contributed by atoms with Gasteiger partial charge in [0.25, 0.3) is 0 Å². The fraction of sp³-hybridized carbons (Fsp3) is 0.368. The van der Waals surface area contributed by atoms with E-state index in [4.69, 9.17) is 0 Å². The Morgan fingerprint density at radius 2 is 2.08 bits per heavy atom. The number of rotatable bonds is 5. The predicted molar refractivity (Wildman–Crippen MR) is 97.6 cm³/mol. The van der Waals surface area contributed by atoms with Crippen molar-refractivity contribution in [1.82, 2.24) is 5.32 Å². The number of carbonyl (C=O) groups excluding carboxylic acids is 2. The molecule has 2 aromatic rings. The highest BCUT2D eigenvalue weighted by molar-refractivity contribution is 7.10. The second kappa shape index (κ2) is 6.40. The van der Waals surface area contributed by atoms with E-state index in [1.54, 1.807) is 16.2 Å². The minimum absolute atomic E-state index is 0.0499. The summed E-state index contributed by atoms with van der Waals surface area (Å²) in [5.41, 5.74) is 2.71. The van der Waals surface area contributed by atoms with E-state index in [1.807, 2.05) is 50.5 Å². The molecule has 1 aliphatic heterocycles. The highest BCUT2D eigenvalue weighted by Gasteiger charge is 2.42. The van der Waals surface area contributed by atoms with Crippen molar-refractivity contribution in [3.05, 3.63) is 51.7 Å². The fourth-order valence-corrected chi connectivity index (χ4v) is 3.86. The average Bonchev–Trinajstić information content (AvgIpc) is 3.11. The van der Waals surface area contributed by atoms with Gasteiger partial charge in [0, 0.05) is 24.2 Å². The zero-order valence-electron chi connectivity index (χ0n) is 14.3. The van der Waals surface area contributed by atoms with Crippen molar-refractivity contribution < 1.29 is 9.59 Å². The Labute approximate surface area is 146 Å². The molecular formula is C19H22N2O2S. The Hall–Kier alpha value is -2.14. The van der Waals surface area contributed by atoms with Gasteiger partial charge in [0.2, 0.25) is 11.8 Å². The summed E-state index contributed by atoms with van der Waals surface area (Å²) in [6.07, 6.45) is 1.20. The van der Waals surface area contributed by atoms with Gasteiger partial charge in [-0.25, -0.2) is 0 Å². The van der Waals surface area contributed by atoms with E-state index in [9.17, 15) is 9.59 Å². The maximum atomic E-state index is 12.3. The Bertz CT molecular complexity index is 766. The quantitative estimate of drug-likeness (QED) is 0.908. The monoisotopic (exact) mass is 342 g/mol. The highest BCUT2D eigenvalue weighted by atomic mass is 32.1. The van der Waals surface area contributed by atoms with Gasteiger partial charge in [-0.2, -0.15) is 0 Å². The van der Waals surface area contributed by atoms with Crippen LogP contribution in [0.2, 0.25) is 0 Å². The lowest BCUT2D eigenvalue weighted by atomic mass is 9.85. The number of hydrogen-bond donors (Lipinski definition) is 1. The van der Waals surface area contributed by atoms with Crippen LogP contribution in [-0.2, 0) is 27.8 Å². The second-order valence-electron chi connectivity index (χ2n) is 6.70. The van der Waals surface area contributed by atoms with Gasteiger partial charge in [-0.3, -0.25) is 9.59 Å². The summed E-state index contributed by atoms with van der Waals surface area (Å²) in [5, 5.41) is 4.95. The summed E-state index contributed by atoms with van der Waals surface area (Å²) >= 11 is 1.60. The van der Waals surface area contributed by atoms with Gasteiger partial charge in [0.05, 0.1) is 11.8 Å². The molecular weight excluding hydrogens is 320 g/mol. The van der Waals surface area contributed by atoms with Gasteiger partial charge < -0.3 is 10.2 Å². The molecule has 1 aromatic heterocycles. The number of hydrogen-bond acceptors (Lipinski definition) is 3.